The SMILES string of the molecule is CCC(N)Cc1ccnc(-c2ccc(F)c(C)c2)n1. The molecule has 4 heteroatoms. The molecule has 0 aliphatic rings. The molecule has 0 bridgehead atoms. The highest BCUT2D eigenvalue weighted by Gasteiger charge is 2.07. The molecule has 19 heavy (non-hydrogen) atoms. The molecule has 100 valence electrons. The number of rotatable bonds is 4. The summed E-state index contributed by atoms with van der Waals surface area (Å²) in [6, 6.07) is 6.88. The lowest BCUT2D eigenvalue weighted by Gasteiger charge is -2.09. The third-order valence-electron chi connectivity index (χ3n) is 3.13. The van der Waals surface area contributed by atoms with Gasteiger partial charge in [0.1, 0.15) is 5.82 Å². The summed E-state index contributed by atoms with van der Waals surface area (Å²) in [4.78, 5) is 8.73. The minimum atomic E-state index is -0.215. The molecule has 1 atom stereocenters. The average molecular weight is 259 g/mol. The van der Waals surface area contributed by atoms with Gasteiger partial charge in [0.15, 0.2) is 5.82 Å². The topological polar surface area (TPSA) is 51.8 Å². The second kappa shape index (κ2) is 5.89. The zero-order chi connectivity index (χ0) is 13.8. The van der Waals surface area contributed by atoms with E-state index < -0.39 is 0 Å². The van der Waals surface area contributed by atoms with Crippen molar-refractivity contribution in [3.8, 4) is 11.4 Å². The largest absolute Gasteiger partial charge is 0.327 e. The van der Waals surface area contributed by atoms with Crippen molar-refractivity contribution in [3.63, 3.8) is 0 Å². The van der Waals surface area contributed by atoms with Crippen LogP contribution >= 0.6 is 0 Å². The first-order valence-corrected chi connectivity index (χ1v) is 6.44. The molecule has 0 amide bonds. The number of hydrogen-bond donors (Lipinski definition) is 1. The maximum Gasteiger partial charge on any atom is 0.159 e. The molecule has 0 spiro atoms. The molecular weight excluding hydrogens is 241 g/mol. The summed E-state index contributed by atoms with van der Waals surface area (Å²) in [5.41, 5.74) is 8.26. The number of aryl methyl sites for hydroxylation is 1. The summed E-state index contributed by atoms with van der Waals surface area (Å²) in [5, 5.41) is 0. The third kappa shape index (κ3) is 3.35. The molecule has 0 radical (unpaired) electrons. The van der Waals surface area contributed by atoms with Crippen LogP contribution in [-0.2, 0) is 6.42 Å². The highest BCUT2D eigenvalue weighted by molar-refractivity contribution is 5.56. The number of nitrogens with zero attached hydrogens (tertiary/aromatic N) is 2. The molecule has 0 saturated heterocycles. The van der Waals surface area contributed by atoms with Gasteiger partial charge in [-0.1, -0.05) is 6.92 Å². The lowest BCUT2D eigenvalue weighted by Crippen LogP contribution is -2.22. The van der Waals surface area contributed by atoms with Crippen LogP contribution in [-0.4, -0.2) is 16.0 Å². The standard InChI is InChI=1S/C15H18FN3/c1-3-12(17)9-13-6-7-18-15(19-13)11-4-5-14(16)10(2)8-11/h4-8,12H,3,9,17H2,1-2H3. The molecule has 1 aromatic carbocycles. The van der Waals surface area contributed by atoms with Crippen LogP contribution in [0.5, 0.6) is 0 Å². The number of benzene rings is 1. The van der Waals surface area contributed by atoms with Gasteiger partial charge in [-0.25, -0.2) is 14.4 Å². The third-order valence-corrected chi connectivity index (χ3v) is 3.13. The van der Waals surface area contributed by atoms with E-state index in [1.54, 1.807) is 25.3 Å². The lowest BCUT2D eigenvalue weighted by atomic mass is 10.1. The van der Waals surface area contributed by atoms with Crippen molar-refractivity contribution in [2.24, 2.45) is 5.73 Å². The highest BCUT2D eigenvalue weighted by Crippen LogP contribution is 2.18. The zero-order valence-corrected chi connectivity index (χ0v) is 11.2. The maximum atomic E-state index is 13.3. The second-order valence-electron chi connectivity index (χ2n) is 4.71. The zero-order valence-electron chi connectivity index (χ0n) is 11.2. The fraction of sp³-hybridized carbons (Fsp3) is 0.333. The van der Waals surface area contributed by atoms with Gasteiger partial charge < -0.3 is 5.73 Å². The van der Waals surface area contributed by atoms with Crippen molar-refractivity contribution >= 4 is 0 Å². The predicted octanol–water partition coefficient (Wildman–Crippen LogP) is 2.87. The van der Waals surface area contributed by atoms with Crippen molar-refractivity contribution in [2.45, 2.75) is 32.7 Å². The summed E-state index contributed by atoms with van der Waals surface area (Å²) in [7, 11) is 0. The van der Waals surface area contributed by atoms with Crippen LogP contribution in [0.4, 0.5) is 4.39 Å². The predicted molar refractivity (Wildman–Crippen MR) is 74.1 cm³/mol. The Morgan fingerprint density at radius 1 is 1.32 bits per heavy atom. The van der Waals surface area contributed by atoms with Gasteiger partial charge in [0, 0.05) is 29.9 Å². The van der Waals surface area contributed by atoms with Crippen LogP contribution in [0.3, 0.4) is 0 Å². The molecule has 1 unspecified atom stereocenters. The fourth-order valence-electron chi connectivity index (χ4n) is 1.85. The number of aromatic nitrogens is 2. The number of halogens is 1. The lowest BCUT2D eigenvalue weighted by molar-refractivity contribution is 0.618. The van der Waals surface area contributed by atoms with Crippen LogP contribution in [0, 0.1) is 12.7 Å². The van der Waals surface area contributed by atoms with Crippen molar-refractivity contribution in [2.75, 3.05) is 0 Å². The van der Waals surface area contributed by atoms with Gasteiger partial charge in [-0.3, -0.25) is 0 Å². The first-order chi connectivity index (χ1) is 9.10. The Labute approximate surface area is 112 Å². The van der Waals surface area contributed by atoms with Crippen molar-refractivity contribution in [3.05, 3.63) is 47.5 Å². The Balaban J connectivity index is 2.29. The second-order valence-corrected chi connectivity index (χ2v) is 4.71. The van der Waals surface area contributed by atoms with Crippen molar-refractivity contribution in [1.82, 2.24) is 9.97 Å². The van der Waals surface area contributed by atoms with E-state index in [-0.39, 0.29) is 11.9 Å². The first-order valence-electron chi connectivity index (χ1n) is 6.44. The highest BCUT2D eigenvalue weighted by atomic mass is 19.1. The van der Waals surface area contributed by atoms with Gasteiger partial charge in [-0.15, -0.1) is 0 Å². The summed E-state index contributed by atoms with van der Waals surface area (Å²) in [5.74, 6) is 0.400. The Morgan fingerprint density at radius 3 is 2.79 bits per heavy atom. The molecule has 1 aromatic heterocycles. The molecule has 2 rings (SSSR count). The van der Waals surface area contributed by atoms with Crippen LogP contribution in [0.25, 0.3) is 11.4 Å². The average Bonchev–Trinajstić information content (AvgIpc) is 2.42. The normalized spacial score (nSPS) is 12.4. The molecule has 2 aromatic rings. The Morgan fingerprint density at radius 2 is 2.11 bits per heavy atom. The summed E-state index contributed by atoms with van der Waals surface area (Å²) in [6.45, 7) is 3.78. The Hall–Kier alpha value is -1.81. The van der Waals surface area contributed by atoms with Gasteiger partial charge >= 0.3 is 0 Å². The van der Waals surface area contributed by atoms with E-state index in [2.05, 4.69) is 16.9 Å². The van der Waals surface area contributed by atoms with Crippen LogP contribution in [0.2, 0.25) is 0 Å². The van der Waals surface area contributed by atoms with Gasteiger partial charge in [0.2, 0.25) is 0 Å². The molecule has 0 aliphatic heterocycles. The van der Waals surface area contributed by atoms with E-state index in [1.807, 2.05) is 6.07 Å². The summed E-state index contributed by atoms with van der Waals surface area (Å²) >= 11 is 0. The minimum Gasteiger partial charge on any atom is -0.327 e. The molecule has 3 nitrogen and oxygen atoms in total. The van der Waals surface area contributed by atoms with E-state index in [9.17, 15) is 4.39 Å². The molecule has 0 fully saturated rings. The summed E-state index contributed by atoms with van der Waals surface area (Å²) < 4.78 is 13.3. The first kappa shape index (κ1) is 13.6. The van der Waals surface area contributed by atoms with Crippen molar-refractivity contribution in [1.29, 1.82) is 0 Å². The number of nitrogens with two attached hydrogens (primary N) is 1. The minimum absolute atomic E-state index is 0.109. The Kier molecular flexibility index (Phi) is 4.22. The molecule has 0 saturated carbocycles. The maximum absolute atomic E-state index is 13.3. The Bertz CT molecular complexity index is 569. The van der Waals surface area contributed by atoms with Gasteiger partial charge in [0.25, 0.3) is 0 Å². The van der Waals surface area contributed by atoms with Gasteiger partial charge in [-0.05, 0) is 43.2 Å². The van der Waals surface area contributed by atoms with Crippen LogP contribution in [0.1, 0.15) is 24.6 Å². The van der Waals surface area contributed by atoms with E-state index in [0.717, 1.165) is 24.1 Å². The quantitative estimate of drug-likeness (QED) is 0.918. The molecule has 2 N–H and O–H groups in total. The van der Waals surface area contributed by atoms with E-state index in [0.29, 0.717) is 11.4 Å². The van der Waals surface area contributed by atoms with Crippen molar-refractivity contribution < 1.29 is 4.39 Å². The van der Waals surface area contributed by atoms with Gasteiger partial charge in [-0.2, -0.15) is 0 Å². The monoisotopic (exact) mass is 259 g/mol. The smallest absolute Gasteiger partial charge is 0.159 e. The molecular formula is C15H18FN3. The van der Waals surface area contributed by atoms with E-state index in [1.165, 1.54) is 6.07 Å². The van der Waals surface area contributed by atoms with Crippen LogP contribution < -0.4 is 5.73 Å². The van der Waals surface area contributed by atoms with Gasteiger partial charge in [0.05, 0.1) is 0 Å². The summed E-state index contributed by atoms with van der Waals surface area (Å²) in [6.07, 6.45) is 3.36. The molecule has 0 aliphatic carbocycles. The van der Waals surface area contributed by atoms with E-state index >= 15 is 0 Å². The fourth-order valence-corrected chi connectivity index (χ4v) is 1.85. The van der Waals surface area contributed by atoms with E-state index in [4.69, 9.17) is 5.73 Å². The molecule has 1 heterocycles. The number of hydrogen-bond acceptors (Lipinski definition) is 3. The van der Waals surface area contributed by atoms with Crippen LogP contribution in [0.15, 0.2) is 30.5 Å².